The molecule has 14 heavy (non-hydrogen) atoms. The van der Waals surface area contributed by atoms with E-state index in [2.05, 4.69) is 0 Å². The molecule has 1 saturated carbocycles. The van der Waals surface area contributed by atoms with Gasteiger partial charge in [-0.3, -0.25) is 4.79 Å². The Kier molecular flexibility index (Phi) is 5.60. The highest BCUT2D eigenvalue weighted by atomic mass is 16.5. The van der Waals surface area contributed by atoms with Crippen molar-refractivity contribution in [2.75, 3.05) is 13.2 Å². The van der Waals surface area contributed by atoms with Gasteiger partial charge in [-0.1, -0.05) is 6.42 Å². The van der Waals surface area contributed by atoms with Crippen molar-refractivity contribution in [1.29, 1.82) is 0 Å². The predicted octanol–water partition coefficient (Wildman–Crippen LogP) is 2.29. The van der Waals surface area contributed by atoms with Gasteiger partial charge in [-0.15, -0.1) is 0 Å². The maximum absolute atomic E-state index is 11.3. The summed E-state index contributed by atoms with van der Waals surface area (Å²) in [6.45, 7) is 3.07. The fraction of sp³-hybridized carbons (Fsp3) is 0.909. The minimum Gasteiger partial charge on any atom is -0.462 e. The first kappa shape index (κ1) is 11.5. The first-order chi connectivity index (χ1) is 6.83. The van der Waals surface area contributed by atoms with E-state index in [9.17, 15) is 4.79 Å². The van der Waals surface area contributed by atoms with Gasteiger partial charge in [-0.05, 0) is 32.6 Å². The molecule has 0 unspecified atom stereocenters. The first-order valence-corrected chi connectivity index (χ1v) is 5.60. The van der Waals surface area contributed by atoms with Crippen molar-refractivity contribution in [2.24, 2.45) is 0 Å². The number of hydrogen-bond donors (Lipinski definition) is 0. The highest BCUT2D eigenvalue weighted by Gasteiger charge is 2.17. The molecule has 1 aliphatic rings. The molecule has 0 aliphatic heterocycles. The van der Waals surface area contributed by atoms with Crippen LogP contribution in [0, 0.1) is 0 Å². The fourth-order valence-electron chi connectivity index (χ4n) is 1.73. The van der Waals surface area contributed by atoms with E-state index in [1.54, 1.807) is 0 Å². The van der Waals surface area contributed by atoms with Crippen LogP contribution in [0.15, 0.2) is 0 Å². The second-order valence-electron chi connectivity index (χ2n) is 3.70. The zero-order chi connectivity index (χ0) is 10.2. The monoisotopic (exact) mass is 200 g/mol. The molecule has 0 spiro atoms. The molecule has 0 aromatic rings. The Bertz CT molecular complexity index is 162. The van der Waals surface area contributed by atoms with E-state index in [1.807, 2.05) is 6.92 Å². The van der Waals surface area contributed by atoms with Gasteiger partial charge in [0.25, 0.3) is 0 Å². The lowest BCUT2D eigenvalue weighted by Gasteiger charge is -2.21. The standard InChI is InChI=1S/C11H20O3/c1-2-13-9-8-11(12)14-10-6-4-3-5-7-10/h10H,2-9H2,1H3. The third-order valence-corrected chi connectivity index (χ3v) is 2.50. The van der Waals surface area contributed by atoms with E-state index in [0.29, 0.717) is 19.6 Å². The Morgan fingerprint density at radius 3 is 2.64 bits per heavy atom. The normalized spacial score (nSPS) is 18.1. The molecule has 0 aromatic carbocycles. The molecule has 0 heterocycles. The molecule has 0 aromatic heterocycles. The molecule has 82 valence electrons. The summed E-state index contributed by atoms with van der Waals surface area (Å²) in [7, 11) is 0. The summed E-state index contributed by atoms with van der Waals surface area (Å²) in [5.41, 5.74) is 0. The lowest BCUT2D eigenvalue weighted by Crippen LogP contribution is -2.21. The molecule has 3 nitrogen and oxygen atoms in total. The molecule has 1 aliphatic carbocycles. The highest BCUT2D eigenvalue weighted by molar-refractivity contribution is 5.69. The van der Waals surface area contributed by atoms with Crippen LogP contribution in [0.2, 0.25) is 0 Å². The van der Waals surface area contributed by atoms with Gasteiger partial charge in [0.05, 0.1) is 13.0 Å². The summed E-state index contributed by atoms with van der Waals surface area (Å²) in [4.78, 5) is 11.3. The zero-order valence-electron chi connectivity index (χ0n) is 8.96. The summed E-state index contributed by atoms with van der Waals surface area (Å²) in [5, 5.41) is 0. The molecule has 0 atom stereocenters. The van der Waals surface area contributed by atoms with E-state index in [-0.39, 0.29) is 12.1 Å². The molecule has 1 rings (SSSR count). The van der Waals surface area contributed by atoms with E-state index >= 15 is 0 Å². The number of carbonyl (C=O) groups is 1. The van der Waals surface area contributed by atoms with E-state index in [0.717, 1.165) is 12.8 Å². The molecule has 0 bridgehead atoms. The van der Waals surface area contributed by atoms with Crippen molar-refractivity contribution in [3.8, 4) is 0 Å². The molecular weight excluding hydrogens is 180 g/mol. The van der Waals surface area contributed by atoms with Gasteiger partial charge in [-0.2, -0.15) is 0 Å². The van der Waals surface area contributed by atoms with E-state index in [1.165, 1.54) is 19.3 Å². The molecular formula is C11H20O3. The van der Waals surface area contributed by atoms with Crippen LogP contribution in [0.25, 0.3) is 0 Å². The minimum absolute atomic E-state index is 0.106. The number of hydrogen-bond acceptors (Lipinski definition) is 3. The maximum Gasteiger partial charge on any atom is 0.308 e. The van der Waals surface area contributed by atoms with Gasteiger partial charge in [0.2, 0.25) is 0 Å². The van der Waals surface area contributed by atoms with Crippen LogP contribution in [-0.2, 0) is 14.3 Å². The average molecular weight is 200 g/mol. The largest absolute Gasteiger partial charge is 0.462 e. The van der Waals surface area contributed by atoms with Crippen molar-refractivity contribution in [3.05, 3.63) is 0 Å². The Balaban J connectivity index is 2.06. The number of carbonyl (C=O) groups excluding carboxylic acids is 1. The summed E-state index contributed by atoms with van der Waals surface area (Å²) in [6.07, 6.45) is 6.34. The van der Waals surface area contributed by atoms with Crippen LogP contribution in [0.3, 0.4) is 0 Å². The molecule has 0 N–H and O–H groups in total. The van der Waals surface area contributed by atoms with Crippen LogP contribution in [0.4, 0.5) is 0 Å². The van der Waals surface area contributed by atoms with E-state index < -0.39 is 0 Å². The molecule has 0 saturated heterocycles. The van der Waals surface area contributed by atoms with Gasteiger partial charge >= 0.3 is 5.97 Å². The fourth-order valence-corrected chi connectivity index (χ4v) is 1.73. The van der Waals surface area contributed by atoms with Gasteiger partial charge < -0.3 is 9.47 Å². The van der Waals surface area contributed by atoms with Crippen LogP contribution in [0.1, 0.15) is 45.4 Å². The summed E-state index contributed by atoms with van der Waals surface area (Å²) >= 11 is 0. The molecule has 0 amide bonds. The van der Waals surface area contributed by atoms with Crippen LogP contribution in [0.5, 0.6) is 0 Å². The second kappa shape index (κ2) is 6.82. The van der Waals surface area contributed by atoms with Crippen LogP contribution >= 0.6 is 0 Å². The Hall–Kier alpha value is -0.570. The van der Waals surface area contributed by atoms with Gasteiger partial charge in [0.15, 0.2) is 0 Å². The summed E-state index contributed by atoms with van der Waals surface area (Å²) in [6, 6.07) is 0. The molecule has 1 fully saturated rings. The Morgan fingerprint density at radius 2 is 2.00 bits per heavy atom. The zero-order valence-corrected chi connectivity index (χ0v) is 8.96. The van der Waals surface area contributed by atoms with Gasteiger partial charge in [0.1, 0.15) is 6.10 Å². The van der Waals surface area contributed by atoms with Crippen LogP contribution in [-0.4, -0.2) is 25.3 Å². The van der Waals surface area contributed by atoms with Gasteiger partial charge in [0, 0.05) is 6.61 Å². The lowest BCUT2D eigenvalue weighted by molar-refractivity contribution is -0.151. The maximum atomic E-state index is 11.3. The SMILES string of the molecule is CCOCCC(=O)OC1CCCCC1. The number of esters is 1. The quantitative estimate of drug-likeness (QED) is 0.504. The van der Waals surface area contributed by atoms with Crippen molar-refractivity contribution < 1.29 is 14.3 Å². The minimum atomic E-state index is -0.106. The number of ether oxygens (including phenoxy) is 2. The summed E-state index contributed by atoms with van der Waals surface area (Å²) in [5.74, 6) is -0.106. The smallest absolute Gasteiger partial charge is 0.308 e. The number of rotatable bonds is 5. The first-order valence-electron chi connectivity index (χ1n) is 5.60. The van der Waals surface area contributed by atoms with Crippen molar-refractivity contribution >= 4 is 5.97 Å². The molecule has 3 heteroatoms. The van der Waals surface area contributed by atoms with Crippen LogP contribution < -0.4 is 0 Å². The predicted molar refractivity (Wildman–Crippen MR) is 54.1 cm³/mol. The average Bonchev–Trinajstić information content (AvgIpc) is 2.20. The van der Waals surface area contributed by atoms with Gasteiger partial charge in [-0.25, -0.2) is 0 Å². The van der Waals surface area contributed by atoms with E-state index in [4.69, 9.17) is 9.47 Å². The lowest BCUT2D eigenvalue weighted by atomic mass is 9.98. The Labute approximate surface area is 85.8 Å². The third kappa shape index (κ3) is 4.61. The van der Waals surface area contributed by atoms with Crippen molar-refractivity contribution in [1.82, 2.24) is 0 Å². The third-order valence-electron chi connectivity index (χ3n) is 2.50. The van der Waals surface area contributed by atoms with Crippen molar-refractivity contribution in [3.63, 3.8) is 0 Å². The Morgan fingerprint density at radius 1 is 1.29 bits per heavy atom. The highest BCUT2D eigenvalue weighted by Crippen LogP contribution is 2.20. The molecule has 0 radical (unpaired) electrons. The summed E-state index contributed by atoms with van der Waals surface area (Å²) < 4.78 is 10.4. The van der Waals surface area contributed by atoms with Crippen molar-refractivity contribution in [2.45, 2.75) is 51.6 Å². The topological polar surface area (TPSA) is 35.5 Å². The second-order valence-corrected chi connectivity index (χ2v) is 3.70.